The molecule has 2 aromatic carbocycles. The molecule has 0 aliphatic carbocycles. The van der Waals surface area contributed by atoms with Crippen molar-refractivity contribution in [3.8, 4) is 5.75 Å². The monoisotopic (exact) mass is 312 g/mol. The summed E-state index contributed by atoms with van der Waals surface area (Å²) in [6.45, 7) is 3.42. The van der Waals surface area contributed by atoms with E-state index >= 15 is 0 Å². The largest absolute Gasteiger partial charge is 0.484 e. The number of nitrogens with one attached hydrogen (secondary N) is 2. The summed E-state index contributed by atoms with van der Waals surface area (Å²) in [6, 6.07) is 14.5. The molecule has 0 bridgehead atoms. The molecule has 0 unspecified atom stereocenters. The number of benzene rings is 2. The average molecular weight is 312 g/mol. The van der Waals surface area contributed by atoms with Crippen LogP contribution in [0, 0.1) is 0 Å². The van der Waals surface area contributed by atoms with Gasteiger partial charge in [-0.3, -0.25) is 9.59 Å². The lowest BCUT2D eigenvalue weighted by atomic mass is 10.1. The summed E-state index contributed by atoms with van der Waals surface area (Å²) >= 11 is 0. The van der Waals surface area contributed by atoms with Crippen molar-refractivity contribution < 1.29 is 14.3 Å². The Morgan fingerprint density at radius 1 is 1.00 bits per heavy atom. The normalized spacial score (nSPS) is 10.0. The Morgan fingerprint density at radius 3 is 2.35 bits per heavy atom. The predicted molar refractivity (Wildman–Crippen MR) is 90.7 cm³/mol. The number of ether oxygens (including phenoxy) is 1. The highest BCUT2D eigenvalue weighted by atomic mass is 16.5. The number of amides is 2. The van der Waals surface area contributed by atoms with Gasteiger partial charge < -0.3 is 15.4 Å². The van der Waals surface area contributed by atoms with E-state index < -0.39 is 0 Å². The summed E-state index contributed by atoms with van der Waals surface area (Å²) in [5, 5.41) is 5.52. The molecule has 2 N–H and O–H groups in total. The molecule has 5 heteroatoms. The lowest BCUT2D eigenvalue weighted by Crippen LogP contribution is -2.20. The summed E-state index contributed by atoms with van der Waals surface area (Å²) in [5.41, 5.74) is 2.58. The minimum absolute atomic E-state index is 0.0719. The molecule has 0 aliphatic rings. The smallest absolute Gasteiger partial charge is 0.262 e. The van der Waals surface area contributed by atoms with E-state index in [-0.39, 0.29) is 18.4 Å². The standard InChI is InChI=1S/C18H20N2O3/c1-3-14-6-4-5-7-17(14)20-18(22)12-23-16-10-8-15(9-11-16)19-13(2)21/h4-11H,3,12H2,1-2H3,(H,19,21)(H,20,22). The van der Waals surface area contributed by atoms with E-state index in [1.807, 2.05) is 31.2 Å². The first-order valence-corrected chi connectivity index (χ1v) is 7.46. The van der Waals surface area contributed by atoms with Crippen LogP contribution in [0.15, 0.2) is 48.5 Å². The van der Waals surface area contributed by atoms with E-state index in [9.17, 15) is 9.59 Å². The van der Waals surface area contributed by atoms with Crippen molar-refractivity contribution >= 4 is 23.2 Å². The van der Waals surface area contributed by atoms with Crippen molar-refractivity contribution in [1.82, 2.24) is 0 Å². The highest BCUT2D eigenvalue weighted by molar-refractivity contribution is 5.92. The molecule has 0 atom stereocenters. The number of hydrogen-bond donors (Lipinski definition) is 2. The molecule has 2 rings (SSSR count). The zero-order valence-electron chi connectivity index (χ0n) is 13.3. The lowest BCUT2D eigenvalue weighted by Gasteiger charge is -2.11. The summed E-state index contributed by atoms with van der Waals surface area (Å²) < 4.78 is 5.45. The first-order valence-electron chi connectivity index (χ1n) is 7.46. The van der Waals surface area contributed by atoms with Crippen molar-refractivity contribution in [1.29, 1.82) is 0 Å². The third kappa shape index (κ3) is 5.14. The second-order valence-electron chi connectivity index (χ2n) is 5.05. The molecule has 0 heterocycles. The van der Waals surface area contributed by atoms with Crippen LogP contribution in [0.4, 0.5) is 11.4 Å². The molecule has 0 spiro atoms. The van der Waals surface area contributed by atoms with Crippen LogP contribution in [-0.2, 0) is 16.0 Å². The van der Waals surface area contributed by atoms with Gasteiger partial charge in [-0.2, -0.15) is 0 Å². The van der Waals surface area contributed by atoms with Crippen molar-refractivity contribution in [3.63, 3.8) is 0 Å². The highest BCUT2D eigenvalue weighted by Crippen LogP contribution is 2.17. The second kappa shape index (κ2) is 7.98. The Labute approximate surface area is 135 Å². The van der Waals surface area contributed by atoms with E-state index in [1.54, 1.807) is 24.3 Å². The fraction of sp³-hybridized carbons (Fsp3) is 0.222. The van der Waals surface area contributed by atoms with Crippen LogP contribution in [-0.4, -0.2) is 18.4 Å². The number of aryl methyl sites for hydroxylation is 1. The summed E-state index contributed by atoms with van der Waals surface area (Å²) in [5.74, 6) is 0.225. The third-order valence-electron chi connectivity index (χ3n) is 3.22. The first-order chi connectivity index (χ1) is 11.1. The van der Waals surface area contributed by atoms with Crippen LogP contribution in [0.5, 0.6) is 5.75 Å². The molecule has 0 aromatic heterocycles. The maximum atomic E-state index is 12.0. The number of anilines is 2. The summed E-state index contributed by atoms with van der Waals surface area (Å²) in [6.07, 6.45) is 0.849. The van der Waals surface area contributed by atoms with Crippen LogP contribution >= 0.6 is 0 Å². The van der Waals surface area contributed by atoms with E-state index in [0.717, 1.165) is 17.7 Å². The minimum atomic E-state index is -0.211. The van der Waals surface area contributed by atoms with Crippen molar-refractivity contribution in [2.24, 2.45) is 0 Å². The van der Waals surface area contributed by atoms with Crippen LogP contribution in [0.2, 0.25) is 0 Å². The van der Waals surface area contributed by atoms with Crippen LogP contribution in [0.1, 0.15) is 19.4 Å². The van der Waals surface area contributed by atoms with Gasteiger partial charge in [0.25, 0.3) is 5.91 Å². The SMILES string of the molecule is CCc1ccccc1NC(=O)COc1ccc(NC(C)=O)cc1. The number of hydrogen-bond acceptors (Lipinski definition) is 3. The number of carbonyl (C=O) groups excluding carboxylic acids is 2. The lowest BCUT2D eigenvalue weighted by molar-refractivity contribution is -0.118. The third-order valence-corrected chi connectivity index (χ3v) is 3.22. The molecule has 2 amide bonds. The zero-order valence-corrected chi connectivity index (χ0v) is 13.3. The van der Waals surface area contributed by atoms with Gasteiger partial charge in [0.2, 0.25) is 5.91 Å². The van der Waals surface area contributed by atoms with Gasteiger partial charge >= 0.3 is 0 Å². The quantitative estimate of drug-likeness (QED) is 0.860. The molecular formula is C18H20N2O3. The van der Waals surface area contributed by atoms with E-state index in [1.165, 1.54) is 6.92 Å². The van der Waals surface area contributed by atoms with Gasteiger partial charge in [0.05, 0.1) is 0 Å². The minimum Gasteiger partial charge on any atom is -0.484 e. The molecular weight excluding hydrogens is 292 g/mol. The molecule has 0 fully saturated rings. The van der Waals surface area contributed by atoms with Crippen molar-refractivity contribution in [3.05, 3.63) is 54.1 Å². The number of carbonyl (C=O) groups is 2. The zero-order chi connectivity index (χ0) is 16.7. The van der Waals surface area contributed by atoms with Gasteiger partial charge in [0.15, 0.2) is 6.61 Å². The fourth-order valence-electron chi connectivity index (χ4n) is 2.12. The van der Waals surface area contributed by atoms with E-state index in [4.69, 9.17) is 4.74 Å². The molecule has 23 heavy (non-hydrogen) atoms. The maximum absolute atomic E-state index is 12.0. The van der Waals surface area contributed by atoms with Crippen molar-refractivity contribution in [2.45, 2.75) is 20.3 Å². The Morgan fingerprint density at radius 2 is 1.70 bits per heavy atom. The number of para-hydroxylation sites is 1. The van der Waals surface area contributed by atoms with Gasteiger partial charge in [-0.05, 0) is 42.3 Å². The van der Waals surface area contributed by atoms with Gasteiger partial charge in [-0.1, -0.05) is 25.1 Å². The van der Waals surface area contributed by atoms with E-state index in [2.05, 4.69) is 10.6 Å². The van der Waals surface area contributed by atoms with Crippen LogP contribution < -0.4 is 15.4 Å². The topological polar surface area (TPSA) is 67.4 Å². The molecule has 0 aliphatic heterocycles. The fourth-order valence-corrected chi connectivity index (χ4v) is 2.12. The molecule has 0 radical (unpaired) electrons. The molecule has 5 nitrogen and oxygen atoms in total. The number of rotatable bonds is 6. The van der Waals surface area contributed by atoms with E-state index in [0.29, 0.717) is 11.4 Å². The first kappa shape index (κ1) is 16.5. The Balaban J connectivity index is 1.88. The molecule has 0 saturated carbocycles. The predicted octanol–water partition coefficient (Wildman–Crippen LogP) is 3.22. The van der Waals surface area contributed by atoms with Crippen LogP contribution in [0.25, 0.3) is 0 Å². The van der Waals surface area contributed by atoms with Gasteiger partial charge in [0, 0.05) is 18.3 Å². The average Bonchev–Trinajstić information content (AvgIpc) is 2.54. The maximum Gasteiger partial charge on any atom is 0.262 e. The Bertz CT molecular complexity index is 681. The Hall–Kier alpha value is -2.82. The van der Waals surface area contributed by atoms with Gasteiger partial charge in [0.1, 0.15) is 5.75 Å². The second-order valence-corrected chi connectivity index (χ2v) is 5.05. The van der Waals surface area contributed by atoms with Gasteiger partial charge in [-0.25, -0.2) is 0 Å². The molecule has 0 saturated heterocycles. The summed E-state index contributed by atoms with van der Waals surface area (Å²) in [7, 11) is 0. The van der Waals surface area contributed by atoms with Gasteiger partial charge in [-0.15, -0.1) is 0 Å². The molecule has 2 aromatic rings. The van der Waals surface area contributed by atoms with Crippen molar-refractivity contribution in [2.75, 3.05) is 17.2 Å². The highest BCUT2D eigenvalue weighted by Gasteiger charge is 2.06. The summed E-state index contributed by atoms with van der Waals surface area (Å²) in [4.78, 5) is 22.9. The molecule has 120 valence electrons. The van der Waals surface area contributed by atoms with Crippen LogP contribution in [0.3, 0.4) is 0 Å². The Kier molecular flexibility index (Phi) is 5.74.